The minimum atomic E-state index is -0.239. The van der Waals surface area contributed by atoms with Gasteiger partial charge in [0.25, 0.3) is 0 Å². The lowest BCUT2D eigenvalue weighted by molar-refractivity contribution is -0.117. The first-order valence-electron chi connectivity index (χ1n) is 9.94. The lowest BCUT2D eigenvalue weighted by Gasteiger charge is -2.24. The van der Waals surface area contributed by atoms with E-state index in [2.05, 4.69) is 15.3 Å². The number of halogens is 1. The fourth-order valence-electron chi connectivity index (χ4n) is 4.09. The summed E-state index contributed by atoms with van der Waals surface area (Å²) in [6, 6.07) is 16.6. The van der Waals surface area contributed by atoms with Gasteiger partial charge in [0.05, 0.1) is 29.3 Å². The second kappa shape index (κ2) is 8.17. The smallest absolute Gasteiger partial charge is 0.238 e. The summed E-state index contributed by atoms with van der Waals surface area (Å²) in [5.74, 6) is -0.296. The van der Waals surface area contributed by atoms with Crippen molar-refractivity contribution in [1.29, 1.82) is 0 Å². The van der Waals surface area contributed by atoms with E-state index in [1.165, 1.54) is 12.1 Å². The van der Waals surface area contributed by atoms with Crippen LogP contribution in [0.3, 0.4) is 0 Å². The van der Waals surface area contributed by atoms with Gasteiger partial charge in [-0.25, -0.2) is 9.07 Å². The van der Waals surface area contributed by atoms with Gasteiger partial charge in [-0.05, 0) is 63.1 Å². The molecule has 2 heterocycles. The molecule has 4 rings (SSSR count). The van der Waals surface area contributed by atoms with Gasteiger partial charge in [0.1, 0.15) is 5.82 Å². The van der Waals surface area contributed by atoms with Crippen molar-refractivity contribution in [3.63, 3.8) is 0 Å². The summed E-state index contributed by atoms with van der Waals surface area (Å²) in [5, 5.41) is 7.64. The van der Waals surface area contributed by atoms with E-state index in [4.69, 9.17) is 0 Å². The van der Waals surface area contributed by atoms with Crippen molar-refractivity contribution in [2.45, 2.75) is 32.7 Å². The van der Waals surface area contributed by atoms with Gasteiger partial charge in [0.15, 0.2) is 0 Å². The predicted octanol–water partition coefficient (Wildman–Crippen LogP) is 4.40. The normalized spacial score (nSPS) is 16.9. The average Bonchev–Trinajstić information content (AvgIpc) is 3.29. The first kappa shape index (κ1) is 19.3. The maximum atomic E-state index is 13.2. The zero-order valence-corrected chi connectivity index (χ0v) is 16.7. The van der Waals surface area contributed by atoms with E-state index in [0.717, 1.165) is 47.7 Å². The SMILES string of the molecule is Cc1nn(-c2ccccc2)c(C)c1NC(=O)CN1CCCC1c1ccc(F)cc1. The van der Waals surface area contributed by atoms with Crippen LogP contribution in [0.4, 0.5) is 10.1 Å². The standard InChI is InChI=1S/C23H25FN4O/c1-16-23(17(2)28(26-16)20-7-4-3-5-8-20)25-22(29)15-27-14-6-9-21(27)18-10-12-19(24)13-11-18/h3-5,7-8,10-13,21H,6,9,14-15H2,1-2H3,(H,25,29). The van der Waals surface area contributed by atoms with Crippen LogP contribution in [0.5, 0.6) is 0 Å². The number of anilines is 1. The van der Waals surface area contributed by atoms with Gasteiger partial charge >= 0.3 is 0 Å². The second-order valence-electron chi connectivity index (χ2n) is 7.52. The van der Waals surface area contributed by atoms with Crippen molar-refractivity contribution in [3.8, 4) is 5.69 Å². The summed E-state index contributed by atoms with van der Waals surface area (Å²) in [7, 11) is 0. The molecule has 29 heavy (non-hydrogen) atoms. The third-order valence-electron chi connectivity index (χ3n) is 5.52. The fraction of sp³-hybridized carbons (Fsp3) is 0.304. The quantitative estimate of drug-likeness (QED) is 0.700. The molecular formula is C23H25FN4O. The van der Waals surface area contributed by atoms with Crippen LogP contribution >= 0.6 is 0 Å². The van der Waals surface area contributed by atoms with Crippen LogP contribution in [0.1, 0.15) is 35.8 Å². The Morgan fingerprint density at radius 3 is 2.59 bits per heavy atom. The third-order valence-corrected chi connectivity index (χ3v) is 5.52. The van der Waals surface area contributed by atoms with Crippen molar-refractivity contribution in [2.24, 2.45) is 0 Å². The molecule has 0 saturated carbocycles. The summed E-state index contributed by atoms with van der Waals surface area (Å²) in [4.78, 5) is 15.0. The number of carbonyl (C=O) groups excluding carboxylic acids is 1. The summed E-state index contributed by atoms with van der Waals surface area (Å²) in [6.45, 7) is 5.02. The van der Waals surface area contributed by atoms with Crippen LogP contribution in [0, 0.1) is 19.7 Å². The molecule has 1 aliphatic heterocycles. The first-order chi connectivity index (χ1) is 14.0. The Bertz CT molecular complexity index is 998. The van der Waals surface area contributed by atoms with Crippen LogP contribution in [-0.2, 0) is 4.79 Å². The average molecular weight is 392 g/mol. The maximum Gasteiger partial charge on any atom is 0.238 e. The zero-order valence-electron chi connectivity index (χ0n) is 16.7. The molecule has 1 amide bonds. The largest absolute Gasteiger partial charge is 0.322 e. The summed E-state index contributed by atoms with van der Waals surface area (Å²) in [6.07, 6.45) is 2.00. The molecule has 1 aromatic heterocycles. The van der Waals surface area contributed by atoms with Crippen LogP contribution in [0.15, 0.2) is 54.6 Å². The molecule has 0 bridgehead atoms. The molecule has 5 nitrogen and oxygen atoms in total. The number of likely N-dealkylation sites (tertiary alicyclic amines) is 1. The zero-order chi connectivity index (χ0) is 20.4. The van der Waals surface area contributed by atoms with E-state index >= 15 is 0 Å². The summed E-state index contributed by atoms with van der Waals surface area (Å²) >= 11 is 0. The summed E-state index contributed by atoms with van der Waals surface area (Å²) < 4.78 is 15.1. The maximum absolute atomic E-state index is 13.2. The Balaban J connectivity index is 1.47. The molecule has 1 unspecified atom stereocenters. The number of carbonyl (C=O) groups is 1. The number of hydrogen-bond donors (Lipinski definition) is 1. The Morgan fingerprint density at radius 1 is 1.14 bits per heavy atom. The van der Waals surface area contributed by atoms with E-state index in [1.807, 2.05) is 61.0 Å². The second-order valence-corrected chi connectivity index (χ2v) is 7.52. The highest BCUT2D eigenvalue weighted by atomic mass is 19.1. The molecule has 1 saturated heterocycles. The number of aromatic nitrogens is 2. The number of hydrogen-bond acceptors (Lipinski definition) is 3. The Hall–Kier alpha value is -2.99. The number of aryl methyl sites for hydroxylation is 1. The monoisotopic (exact) mass is 392 g/mol. The van der Waals surface area contributed by atoms with Gasteiger partial charge in [-0.15, -0.1) is 0 Å². The van der Waals surface area contributed by atoms with Gasteiger partial charge in [-0.1, -0.05) is 30.3 Å². The number of nitrogens with one attached hydrogen (secondary N) is 1. The van der Waals surface area contributed by atoms with Gasteiger partial charge in [0.2, 0.25) is 5.91 Å². The third kappa shape index (κ3) is 4.07. The molecule has 0 spiro atoms. The topological polar surface area (TPSA) is 50.2 Å². The van der Waals surface area contributed by atoms with Crippen molar-refractivity contribution >= 4 is 11.6 Å². The minimum Gasteiger partial charge on any atom is -0.322 e. The van der Waals surface area contributed by atoms with E-state index in [0.29, 0.717) is 6.54 Å². The van der Waals surface area contributed by atoms with E-state index in [9.17, 15) is 9.18 Å². The van der Waals surface area contributed by atoms with Gasteiger partial charge in [-0.2, -0.15) is 5.10 Å². The molecule has 6 heteroatoms. The van der Waals surface area contributed by atoms with E-state index < -0.39 is 0 Å². The lowest BCUT2D eigenvalue weighted by atomic mass is 10.0. The molecule has 1 N–H and O–H groups in total. The number of amides is 1. The highest BCUT2D eigenvalue weighted by Crippen LogP contribution is 2.32. The summed E-state index contributed by atoms with van der Waals surface area (Å²) in [5.41, 5.74) is 4.47. The molecule has 1 atom stereocenters. The molecule has 3 aromatic rings. The molecule has 1 aliphatic rings. The van der Waals surface area contributed by atoms with Crippen molar-refractivity contribution in [2.75, 3.05) is 18.4 Å². The number of benzene rings is 2. The van der Waals surface area contributed by atoms with Crippen LogP contribution < -0.4 is 5.32 Å². The fourth-order valence-corrected chi connectivity index (χ4v) is 4.09. The van der Waals surface area contributed by atoms with Crippen LogP contribution in [0.25, 0.3) is 5.69 Å². The highest BCUT2D eigenvalue weighted by Gasteiger charge is 2.28. The minimum absolute atomic E-state index is 0.0576. The molecule has 1 fully saturated rings. The molecular weight excluding hydrogens is 367 g/mol. The predicted molar refractivity (Wildman–Crippen MR) is 112 cm³/mol. The number of para-hydroxylation sites is 1. The van der Waals surface area contributed by atoms with Gasteiger partial charge in [0, 0.05) is 6.04 Å². The Labute approximate surface area is 170 Å². The first-order valence-corrected chi connectivity index (χ1v) is 9.94. The number of rotatable bonds is 5. The Morgan fingerprint density at radius 2 is 1.86 bits per heavy atom. The van der Waals surface area contributed by atoms with Gasteiger partial charge in [-0.3, -0.25) is 9.69 Å². The number of nitrogens with zero attached hydrogens (tertiary/aromatic N) is 3. The van der Waals surface area contributed by atoms with Crippen molar-refractivity contribution in [1.82, 2.24) is 14.7 Å². The van der Waals surface area contributed by atoms with Crippen molar-refractivity contribution < 1.29 is 9.18 Å². The lowest BCUT2D eigenvalue weighted by Crippen LogP contribution is -2.33. The Kier molecular flexibility index (Phi) is 5.45. The van der Waals surface area contributed by atoms with Gasteiger partial charge < -0.3 is 5.32 Å². The van der Waals surface area contributed by atoms with Crippen LogP contribution in [0.2, 0.25) is 0 Å². The molecule has 150 valence electrons. The highest BCUT2D eigenvalue weighted by molar-refractivity contribution is 5.93. The van der Waals surface area contributed by atoms with E-state index in [1.54, 1.807) is 0 Å². The van der Waals surface area contributed by atoms with Crippen molar-refractivity contribution in [3.05, 3.63) is 77.4 Å². The van der Waals surface area contributed by atoms with Crippen LogP contribution in [-0.4, -0.2) is 33.7 Å². The molecule has 0 radical (unpaired) electrons. The molecule has 2 aromatic carbocycles. The molecule has 0 aliphatic carbocycles. The van der Waals surface area contributed by atoms with E-state index in [-0.39, 0.29) is 17.8 Å².